The van der Waals surface area contributed by atoms with Crippen molar-refractivity contribution in [2.24, 2.45) is 0 Å². The van der Waals surface area contributed by atoms with Crippen LogP contribution >= 0.6 is 0 Å². The molecule has 0 aromatic heterocycles. The van der Waals surface area contributed by atoms with Crippen LogP contribution in [0.3, 0.4) is 0 Å². The summed E-state index contributed by atoms with van der Waals surface area (Å²) in [4.78, 5) is 12.8. The van der Waals surface area contributed by atoms with E-state index in [1.807, 2.05) is 12.1 Å². The van der Waals surface area contributed by atoms with Gasteiger partial charge in [0.2, 0.25) is 10.0 Å². The fraction of sp³-hybridized carbons (Fsp3) is 0.350. The Labute approximate surface area is 154 Å². The maximum atomic E-state index is 12.7. The average Bonchev–Trinajstić information content (AvgIpc) is 3.33. The lowest BCUT2D eigenvalue weighted by atomic mass is 10.1. The second-order valence-corrected chi connectivity index (χ2v) is 8.87. The molecule has 0 unspecified atom stereocenters. The van der Waals surface area contributed by atoms with Gasteiger partial charge in [0.1, 0.15) is 0 Å². The highest BCUT2D eigenvalue weighted by Crippen LogP contribution is 2.26. The number of amides is 1. The minimum Gasteiger partial charge on any atom is -0.322 e. The molecule has 1 aliphatic heterocycles. The molecule has 1 N–H and O–H groups in total. The summed E-state index contributed by atoms with van der Waals surface area (Å²) in [6, 6.07) is 12.3. The largest absolute Gasteiger partial charge is 0.322 e. The lowest BCUT2D eigenvalue weighted by Gasteiger charge is -2.16. The lowest BCUT2D eigenvalue weighted by Crippen LogP contribution is -2.28. The van der Waals surface area contributed by atoms with Gasteiger partial charge in [0, 0.05) is 24.3 Å². The summed E-state index contributed by atoms with van der Waals surface area (Å²) >= 11 is 0. The molecule has 1 amide bonds. The molecule has 26 heavy (non-hydrogen) atoms. The van der Waals surface area contributed by atoms with Gasteiger partial charge in [-0.3, -0.25) is 4.79 Å². The number of hydrogen-bond donors (Lipinski definition) is 1. The third kappa shape index (κ3) is 3.27. The van der Waals surface area contributed by atoms with Crippen LogP contribution in [-0.4, -0.2) is 31.7 Å². The summed E-state index contributed by atoms with van der Waals surface area (Å²) in [7, 11) is -3.52. The number of nitrogens with one attached hydrogen (secondary N) is 1. The van der Waals surface area contributed by atoms with Crippen LogP contribution in [0.1, 0.15) is 40.7 Å². The van der Waals surface area contributed by atoms with Crippen LogP contribution < -0.4 is 5.32 Å². The molecule has 0 saturated carbocycles. The van der Waals surface area contributed by atoms with E-state index in [0.29, 0.717) is 18.7 Å². The van der Waals surface area contributed by atoms with Crippen LogP contribution in [0.5, 0.6) is 0 Å². The number of fused-ring (bicyclic) bond motifs is 1. The minimum atomic E-state index is -3.52. The molecule has 1 aliphatic carbocycles. The van der Waals surface area contributed by atoms with Gasteiger partial charge in [-0.25, -0.2) is 8.42 Å². The number of hydrogen-bond acceptors (Lipinski definition) is 3. The Morgan fingerprint density at radius 1 is 0.923 bits per heavy atom. The van der Waals surface area contributed by atoms with Crippen molar-refractivity contribution in [1.29, 1.82) is 0 Å². The van der Waals surface area contributed by atoms with E-state index >= 15 is 0 Å². The van der Waals surface area contributed by atoms with Crippen LogP contribution in [0.15, 0.2) is 47.4 Å². The Hall–Kier alpha value is -2.18. The quantitative estimate of drug-likeness (QED) is 0.899. The van der Waals surface area contributed by atoms with Crippen molar-refractivity contribution < 1.29 is 13.2 Å². The zero-order chi connectivity index (χ0) is 18.1. The van der Waals surface area contributed by atoms with Gasteiger partial charge in [-0.2, -0.15) is 4.31 Å². The van der Waals surface area contributed by atoms with Crippen molar-refractivity contribution in [3.05, 3.63) is 59.2 Å². The highest BCUT2D eigenvalue weighted by molar-refractivity contribution is 7.89. The number of nitrogens with zero attached hydrogens (tertiary/aromatic N) is 1. The molecule has 0 radical (unpaired) electrons. The molecule has 5 nitrogen and oxygen atoms in total. The average molecular weight is 370 g/mol. The third-order valence-electron chi connectivity index (χ3n) is 5.16. The van der Waals surface area contributed by atoms with E-state index in [0.717, 1.165) is 37.8 Å². The molecule has 1 heterocycles. The lowest BCUT2D eigenvalue weighted by molar-refractivity contribution is 0.102. The molecule has 136 valence electrons. The second kappa shape index (κ2) is 6.85. The van der Waals surface area contributed by atoms with Crippen molar-refractivity contribution in [2.45, 2.75) is 37.0 Å². The van der Waals surface area contributed by atoms with Crippen molar-refractivity contribution in [3.63, 3.8) is 0 Å². The molecule has 2 aromatic rings. The molecule has 1 fully saturated rings. The summed E-state index contributed by atoms with van der Waals surface area (Å²) in [5.74, 6) is -0.290. The van der Waals surface area contributed by atoms with E-state index in [1.54, 1.807) is 18.2 Å². The summed E-state index contributed by atoms with van der Waals surface area (Å²) in [6.45, 7) is 1.10. The van der Waals surface area contributed by atoms with E-state index < -0.39 is 10.0 Å². The first-order chi connectivity index (χ1) is 12.5. The maximum absolute atomic E-state index is 12.7. The number of sulfonamides is 1. The zero-order valence-corrected chi connectivity index (χ0v) is 15.4. The minimum absolute atomic E-state index is 0.181. The Morgan fingerprint density at radius 2 is 1.69 bits per heavy atom. The zero-order valence-electron chi connectivity index (χ0n) is 14.6. The van der Waals surface area contributed by atoms with Gasteiger partial charge in [-0.05, 0) is 73.6 Å². The standard InChI is InChI=1S/C20H22N2O3S/c23-20(21-18-10-9-15-5-3-6-16(15)13-18)17-7-4-8-19(14-17)26(24,25)22-11-1-2-12-22/h4,7-10,13-14H,1-3,5-6,11-12H2,(H,21,23). The highest BCUT2D eigenvalue weighted by atomic mass is 32.2. The molecule has 2 aromatic carbocycles. The van der Waals surface area contributed by atoms with Crippen LogP contribution in [-0.2, 0) is 22.9 Å². The second-order valence-electron chi connectivity index (χ2n) is 6.93. The van der Waals surface area contributed by atoms with Gasteiger partial charge in [-0.1, -0.05) is 12.1 Å². The monoisotopic (exact) mass is 370 g/mol. The normalized spacial score (nSPS) is 17.2. The van der Waals surface area contributed by atoms with Crippen LogP contribution in [0.4, 0.5) is 5.69 Å². The molecule has 0 bridgehead atoms. The van der Waals surface area contributed by atoms with Crippen molar-refractivity contribution in [1.82, 2.24) is 4.31 Å². The van der Waals surface area contributed by atoms with Crippen molar-refractivity contribution >= 4 is 21.6 Å². The van der Waals surface area contributed by atoms with Crippen LogP contribution in [0, 0.1) is 0 Å². The van der Waals surface area contributed by atoms with E-state index in [1.165, 1.54) is 21.5 Å². The topological polar surface area (TPSA) is 66.5 Å². The third-order valence-corrected chi connectivity index (χ3v) is 7.05. The number of aryl methyl sites for hydroxylation is 2. The van der Waals surface area contributed by atoms with Gasteiger partial charge in [0.15, 0.2) is 0 Å². The fourth-order valence-electron chi connectivity index (χ4n) is 3.73. The van der Waals surface area contributed by atoms with Gasteiger partial charge in [0.05, 0.1) is 4.90 Å². The fourth-order valence-corrected chi connectivity index (χ4v) is 5.29. The smallest absolute Gasteiger partial charge is 0.255 e. The Bertz CT molecular complexity index is 947. The highest BCUT2D eigenvalue weighted by Gasteiger charge is 2.27. The number of benzene rings is 2. The first kappa shape index (κ1) is 17.2. The van der Waals surface area contributed by atoms with E-state index in [-0.39, 0.29) is 10.8 Å². The van der Waals surface area contributed by atoms with E-state index in [2.05, 4.69) is 11.4 Å². The summed E-state index contributed by atoms with van der Waals surface area (Å²) in [5.41, 5.74) is 3.74. The van der Waals surface area contributed by atoms with Crippen molar-refractivity contribution in [3.8, 4) is 0 Å². The van der Waals surface area contributed by atoms with E-state index in [4.69, 9.17) is 0 Å². The molecule has 6 heteroatoms. The number of carbonyl (C=O) groups is 1. The Morgan fingerprint density at radius 3 is 2.50 bits per heavy atom. The predicted octanol–water partition coefficient (Wildman–Crippen LogP) is 3.21. The molecular formula is C20H22N2O3S. The molecule has 0 spiro atoms. The first-order valence-corrected chi connectivity index (χ1v) is 10.5. The SMILES string of the molecule is O=C(Nc1ccc2c(c1)CCC2)c1cccc(S(=O)(=O)N2CCCC2)c1. The molecule has 1 saturated heterocycles. The Kier molecular flexibility index (Phi) is 4.54. The Balaban J connectivity index is 1.55. The van der Waals surface area contributed by atoms with Crippen molar-refractivity contribution in [2.75, 3.05) is 18.4 Å². The summed E-state index contributed by atoms with van der Waals surface area (Å²) < 4.78 is 26.9. The number of rotatable bonds is 4. The van der Waals surface area contributed by atoms with Crippen LogP contribution in [0.2, 0.25) is 0 Å². The molecule has 2 aliphatic rings. The number of anilines is 1. The first-order valence-electron chi connectivity index (χ1n) is 9.07. The molecule has 4 rings (SSSR count). The summed E-state index contributed by atoms with van der Waals surface area (Å²) in [5, 5.41) is 2.89. The summed E-state index contributed by atoms with van der Waals surface area (Å²) in [6.07, 6.45) is 5.07. The number of carbonyl (C=O) groups excluding carboxylic acids is 1. The van der Waals surface area contributed by atoms with Gasteiger partial charge in [-0.15, -0.1) is 0 Å². The van der Waals surface area contributed by atoms with Crippen LogP contribution in [0.25, 0.3) is 0 Å². The van der Waals surface area contributed by atoms with Gasteiger partial charge < -0.3 is 5.32 Å². The van der Waals surface area contributed by atoms with Gasteiger partial charge in [0.25, 0.3) is 5.91 Å². The van der Waals surface area contributed by atoms with Gasteiger partial charge >= 0.3 is 0 Å². The molecule has 0 atom stereocenters. The maximum Gasteiger partial charge on any atom is 0.255 e. The predicted molar refractivity (Wildman–Crippen MR) is 101 cm³/mol. The van der Waals surface area contributed by atoms with E-state index in [9.17, 15) is 13.2 Å². The molecular weight excluding hydrogens is 348 g/mol.